The van der Waals surface area contributed by atoms with Gasteiger partial charge in [0, 0.05) is 19.0 Å². The third kappa shape index (κ3) is 3.31. The molecular weight excluding hydrogens is 250 g/mol. The van der Waals surface area contributed by atoms with Gasteiger partial charge in [-0.25, -0.2) is 4.98 Å². The largest absolute Gasteiger partial charge is 0.491 e. The van der Waals surface area contributed by atoms with Gasteiger partial charge in [0.15, 0.2) is 0 Å². The van der Waals surface area contributed by atoms with Crippen LogP contribution in [0.5, 0.6) is 5.75 Å². The number of hydrogen-bond acceptors (Lipinski definition) is 3. The van der Waals surface area contributed by atoms with Crippen LogP contribution in [0, 0.1) is 5.92 Å². The van der Waals surface area contributed by atoms with E-state index in [0.29, 0.717) is 12.5 Å². The first-order chi connectivity index (χ1) is 9.51. The van der Waals surface area contributed by atoms with Gasteiger partial charge in [-0.2, -0.15) is 0 Å². The average Bonchev–Trinajstić information content (AvgIpc) is 2.66. The summed E-state index contributed by atoms with van der Waals surface area (Å²) in [6.45, 7) is 10.1. The molecule has 4 heteroatoms. The number of aromatic nitrogens is 2. The zero-order chi connectivity index (χ0) is 14.7. The number of ether oxygens (including phenoxy) is 1. The molecule has 20 heavy (non-hydrogen) atoms. The summed E-state index contributed by atoms with van der Waals surface area (Å²) in [6, 6.07) is 6.14. The van der Waals surface area contributed by atoms with Crippen molar-refractivity contribution in [3.8, 4) is 5.75 Å². The van der Waals surface area contributed by atoms with Gasteiger partial charge in [-0.1, -0.05) is 13.8 Å². The molecule has 0 saturated heterocycles. The maximum absolute atomic E-state index is 5.74. The Bertz CT molecular complexity index is 572. The minimum absolute atomic E-state index is 0.175. The Balaban J connectivity index is 2.44. The second-order valence-electron chi connectivity index (χ2n) is 5.89. The summed E-state index contributed by atoms with van der Waals surface area (Å²) in [4.78, 5) is 4.73. The lowest BCUT2D eigenvalue weighted by atomic mass is 10.2. The normalized spacial score (nSPS) is 11.8. The van der Waals surface area contributed by atoms with Crippen molar-refractivity contribution in [1.29, 1.82) is 0 Å². The molecule has 0 atom stereocenters. The van der Waals surface area contributed by atoms with Gasteiger partial charge in [-0.3, -0.25) is 0 Å². The molecule has 0 fully saturated rings. The highest BCUT2D eigenvalue weighted by Crippen LogP contribution is 2.24. The number of nitrogens with two attached hydrogens (primary N) is 1. The average molecular weight is 275 g/mol. The molecule has 0 amide bonds. The smallest absolute Gasteiger partial charge is 0.121 e. The highest BCUT2D eigenvalue weighted by atomic mass is 16.5. The maximum Gasteiger partial charge on any atom is 0.121 e. The molecule has 0 spiro atoms. The molecule has 0 unspecified atom stereocenters. The van der Waals surface area contributed by atoms with Gasteiger partial charge >= 0.3 is 0 Å². The highest BCUT2D eigenvalue weighted by molar-refractivity contribution is 5.77. The predicted molar refractivity (Wildman–Crippen MR) is 83.1 cm³/mol. The number of nitrogens with zero attached hydrogens (tertiary/aromatic N) is 2. The zero-order valence-electron chi connectivity index (χ0n) is 12.9. The lowest BCUT2D eigenvalue weighted by Gasteiger charge is -2.12. The molecule has 110 valence electrons. The van der Waals surface area contributed by atoms with Gasteiger partial charge in [0.25, 0.3) is 0 Å². The van der Waals surface area contributed by atoms with Crippen LogP contribution in [0.2, 0.25) is 0 Å². The Kier molecular flexibility index (Phi) is 4.65. The second kappa shape index (κ2) is 6.27. The summed E-state index contributed by atoms with van der Waals surface area (Å²) in [7, 11) is 0. The number of hydrogen-bond donors (Lipinski definition) is 1. The first-order valence-electron chi connectivity index (χ1n) is 7.37. The predicted octanol–water partition coefficient (Wildman–Crippen LogP) is 2.98. The SMILES string of the molecule is CC(C)Cn1c(CCN)nc2cc(OC(C)C)ccc21. The van der Waals surface area contributed by atoms with Crippen molar-refractivity contribution in [3.63, 3.8) is 0 Å². The lowest BCUT2D eigenvalue weighted by molar-refractivity contribution is 0.242. The molecule has 0 aliphatic rings. The first kappa shape index (κ1) is 14.9. The van der Waals surface area contributed by atoms with Gasteiger partial charge in [-0.05, 0) is 38.4 Å². The van der Waals surface area contributed by atoms with E-state index in [9.17, 15) is 0 Å². The van der Waals surface area contributed by atoms with Gasteiger partial charge in [0.1, 0.15) is 11.6 Å². The fraction of sp³-hybridized carbons (Fsp3) is 0.562. The first-order valence-corrected chi connectivity index (χ1v) is 7.37. The van der Waals surface area contributed by atoms with Crippen molar-refractivity contribution in [3.05, 3.63) is 24.0 Å². The van der Waals surface area contributed by atoms with E-state index in [4.69, 9.17) is 15.5 Å². The molecule has 1 heterocycles. The van der Waals surface area contributed by atoms with Crippen molar-refractivity contribution in [2.24, 2.45) is 11.7 Å². The van der Waals surface area contributed by atoms with Gasteiger partial charge in [0.05, 0.1) is 17.1 Å². The quantitative estimate of drug-likeness (QED) is 0.881. The molecule has 0 aliphatic carbocycles. The summed E-state index contributed by atoms with van der Waals surface area (Å²) in [5.41, 5.74) is 7.86. The molecular formula is C16H25N3O. The number of fused-ring (bicyclic) bond motifs is 1. The van der Waals surface area contributed by atoms with Crippen molar-refractivity contribution in [1.82, 2.24) is 9.55 Å². The Hall–Kier alpha value is -1.55. The molecule has 1 aromatic carbocycles. The molecule has 2 aromatic rings. The van der Waals surface area contributed by atoms with E-state index < -0.39 is 0 Å². The van der Waals surface area contributed by atoms with E-state index in [1.54, 1.807) is 0 Å². The van der Waals surface area contributed by atoms with Gasteiger partial charge in [0.2, 0.25) is 0 Å². The summed E-state index contributed by atoms with van der Waals surface area (Å²) < 4.78 is 8.02. The third-order valence-corrected chi connectivity index (χ3v) is 3.09. The number of benzene rings is 1. The van der Waals surface area contributed by atoms with E-state index in [1.165, 1.54) is 5.52 Å². The van der Waals surface area contributed by atoms with Crippen LogP contribution < -0.4 is 10.5 Å². The van der Waals surface area contributed by atoms with Crippen LogP contribution in [0.4, 0.5) is 0 Å². The molecule has 0 aliphatic heterocycles. The highest BCUT2D eigenvalue weighted by Gasteiger charge is 2.12. The van der Waals surface area contributed by atoms with Crippen LogP contribution in [0.3, 0.4) is 0 Å². The molecule has 0 radical (unpaired) electrons. The molecule has 2 rings (SSSR count). The standard InChI is InChI=1S/C16H25N3O/c1-11(2)10-19-15-6-5-13(20-12(3)4)9-14(15)18-16(19)7-8-17/h5-6,9,11-12H,7-8,10,17H2,1-4H3. The van der Waals surface area contributed by atoms with Crippen LogP contribution in [0.25, 0.3) is 11.0 Å². The third-order valence-electron chi connectivity index (χ3n) is 3.09. The van der Waals surface area contributed by atoms with Crippen molar-refractivity contribution in [2.45, 2.75) is 46.8 Å². The fourth-order valence-corrected chi connectivity index (χ4v) is 2.39. The van der Waals surface area contributed by atoms with E-state index in [2.05, 4.69) is 24.5 Å². The van der Waals surface area contributed by atoms with Gasteiger partial charge < -0.3 is 15.0 Å². The van der Waals surface area contributed by atoms with E-state index in [1.807, 2.05) is 26.0 Å². The van der Waals surface area contributed by atoms with E-state index in [0.717, 1.165) is 30.1 Å². The summed E-state index contributed by atoms with van der Waals surface area (Å²) in [5.74, 6) is 2.52. The molecule has 1 aromatic heterocycles. The Morgan fingerprint density at radius 1 is 1.25 bits per heavy atom. The minimum atomic E-state index is 0.175. The summed E-state index contributed by atoms with van der Waals surface area (Å²) in [5, 5.41) is 0. The number of rotatable bonds is 6. The van der Waals surface area contributed by atoms with Crippen molar-refractivity contribution < 1.29 is 4.74 Å². The summed E-state index contributed by atoms with van der Waals surface area (Å²) >= 11 is 0. The number of imidazole rings is 1. The molecule has 2 N–H and O–H groups in total. The fourth-order valence-electron chi connectivity index (χ4n) is 2.39. The monoisotopic (exact) mass is 275 g/mol. The molecule has 0 saturated carbocycles. The van der Waals surface area contributed by atoms with Crippen LogP contribution in [0.15, 0.2) is 18.2 Å². The Labute approximate surface area is 120 Å². The van der Waals surface area contributed by atoms with Crippen LogP contribution in [0.1, 0.15) is 33.5 Å². The van der Waals surface area contributed by atoms with Crippen LogP contribution >= 0.6 is 0 Å². The van der Waals surface area contributed by atoms with Crippen LogP contribution in [-0.2, 0) is 13.0 Å². The Morgan fingerprint density at radius 3 is 2.60 bits per heavy atom. The summed E-state index contributed by atoms with van der Waals surface area (Å²) in [6.07, 6.45) is 0.982. The topological polar surface area (TPSA) is 53.1 Å². The van der Waals surface area contributed by atoms with Crippen molar-refractivity contribution >= 4 is 11.0 Å². The van der Waals surface area contributed by atoms with E-state index >= 15 is 0 Å². The second-order valence-corrected chi connectivity index (χ2v) is 5.89. The van der Waals surface area contributed by atoms with E-state index in [-0.39, 0.29) is 6.10 Å². The van der Waals surface area contributed by atoms with Gasteiger partial charge in [-0.15, -0.1) is 0 Å². The maximum atomic E-state index is 5.74. The molecule has 0 bridgehead atoms. The zero-order valence-corrected chi connectivity index (χ0v) is 12.9. The lowest BCUT2D eigenvalue weighted by Crippen LogP contribution is -2.12. The molecule has 4 nitrogen and oxygen atoms in total. The Morgan fingerprint density at radius 2 is 2.00 bits per heavy atom. The minimum Gasteiger partial charge on any atom is -0.491 e. The van der Waals surface area contributed by atoms with Crippen LogP contribution in [-0.4, -0.2) is 22.2 Å². The van der Waals surface area contributed by atoms with Crippen molar-refractivity contribution in [2.75, 3.05) is 6.54 Å².